The highest BCUT2D eigenvalue weighted by Gasteiger charge is 2.12. The summed E-state index contributed by atoms with van der Waals surface area (Å²) in [4.78, 5) is 6.58. The molecule has 0 spiro atoms. The molecule has 1 aromatic carbocycles. The van der Waals surface area contributed by atoms with Crippen LogP contribution in [0.25, 0.3) is 16.5 Å². The van der Waals surface area contributed by atoms with Gasteiger partial charge in [-0.05, 0) is 12.1 Å². The van der Waals surface area contributed by atoms with Crippen LogP contribution in [0.15, 0.2) is 42.9 Å². The number of benzene rings is 1. The van der Waals surface area contributed by atoms with Gasteiger partial charge in [0.15, 0.2) is 0 Å². The van der Waals surface area contributed by atoms with Gasteiger partial charge in [0, 0.05) is 49.2 Å². The quantitative estimate of drug-likeness (QED) is 0.734. The number of morpholine rings is 1. The second-order valence-corrected chi connectivity index (χ2v) is 5.73. The van der Waals surface area contributed by atoms with Crippen molar-refractivity contribution in [2.45, 2.75) is 6.42 Å². The molecule has 0 aliphatic carbocycles. The van der Waals surface area contributed by atoms with E-state index in [2.05, 4.69) is 32.3 Å². The van der Waals surface area contributed by atoms with E-state index >= 15 is 0 Å². The summed E-state index contributed by atoms with van der Waals surface area (Å²) in [5, 5.41) is 10.9. The first-order valence-electron chi connectivity index (χ1n) is 7.94. The molecule has 1 fully saturated rings. The molecule has 6 nitrogen and oxygen atoms in total. The maximum atomic E-state index is 5.38. The molecule has 2 aromatic heterocycles. The van der Waals surface area contributed by atoms with E-state index in [0.29, 0.717) is 0 Å². The molecule has 1 aliphatic rings. The van der Waals surface area contributed by atoms with Crippen LogP contribution in [0.4, 0.5) is 0 Å². The lowest BCUT2D eigenvalue weighted by Gasteiger charge is -2.25. The fourth-order valence-electron chi connectivity index (χ4n) is 2.93. The minimum absolute atomic E-state index is 0.830. The third-order valence-corrected chi connectivity index (χ3v) is 4.23. The number of ether oxygens (including phenoxy) is 1. The van der Waals surface area contributed by atoms with Crippen molar-refractivity contribution in [3.63, 3.8) is 0 Å². The summed E-state index contributed by atoms with van der Waals surface area (Å²) in [6.07, 6.45) is 6.61. The first kappa shape index (κ1) is 14.3. The SMILES string of the molecule is c1cc(-n2cc(CCN3CCOCC3)nn2)c2ccncc2c1. The second-order valence-electron chi connectivity index (χ2n) is 5.73. The van der Waals surface area contributed by atoms with Crippen molar-refractivity contribution < 1.29 is 4.74 Å². The predicted molar refractivity (Wildman–Crippen MR) is 87.6 cm³/mol. The van der Waals surface area contributed by atoms with Gasteiger partial charge in [-0.2, -0.15) is 0 Å². The standard InChI is InChI=1S/C17H19N5O/c1-2-14-12-18-6-4-16(14)17(3-1)22-13-15(19-20-22)5-7-21-8-10-23-11-9-21/h1-4,6,12-13H,5,7-11H2. The van der Waals surface area contributed by atoms with E-state index in [0.717, 1.165) is 61.4 Å². The molecule has 0 N–H and O–H groups in total. The average Bonchev–Trinajstić information content (AvgIpc) is 3.09. The molecule has 3 aromatic rings. The number of pyridine rings is 1. The normalized spacial score (nSPS) is 16.0. The van der Waals surface area contributed by atoms with Gasteiger partial charge in [0.25, 0.3) is 0 Å². The Labute approximate surface area is 134 Å². The third-order valence-electron chi connectivity index (χ3n) is 4.23. The van der Waals surface area contributed by atoms with Crippen molar-refractivity contribution in [3.8, 4) is 5.69 Å². The average molecular weight is 309 g/mol. The Balaban J connectivity index is 1.52. The van der Waals surface area contributed by atoms with Crippen LogP contribution in [0.3, 0.4) is 0 Å². The molecular formula is C17H19N5O. The van der Waals surface area contributed by atoms with Crippen molar-refractivity contribution in [1.29, 1.82) is 0 Å². The van der Waals surface area contributed by atoms with Crippen molar-refractivity contribution in [1.82, 2.24) is 24.9 Å². The minimum Gasteiger partial charge on any atom is -0.379 e. The molecule has 0 bridgehead atoms. The molecule has 0 saturated carbocycles. The van der Waals surface area contributed by atoms with Crippen LogP contribution >= 0.6 is 0 Å². The van der Waals surface area contributed by atoms with Crippen molar-refractivity contribution in [2.75, 3.05) is 32.8 Å². The van der Waals surface area contributed by atoms with Gasteiger partial charge in [-0.1, -0.05) is 17.3 Å². The van der Waals surface area contributed by atoms with Gasteiger partial charge in [-0.25, -0.2) is 4.68 Å². The van der Waals surface area contributed by atoms with Gasteiger partial charge < -0.3 is 4.74 Å². The van der Waals surface area contributed by atoms with Gasteiger partial charge in [0.05, 0.1) is 30.8 Å². The number of rotatable bonds is 4. The Bertz CT molecular complexity index is 789. The number of fused-ring (bicyclic) bond motifs is 1. The summed E-state index contributed by atoms with van der Waals surface area (Å²) < 4.78 is 7.23. The molecule has 1 aliphatic heterocycles. The van der Waals surface area contributed by atoms with E-state index in [4.69, 9.17) is 4.74 Å². The van der Waals surface area contributed by atoms with Crippen LogP contribution in [-0.4, -0.2) is 57.7 Å². The first-order chi connectivity index (χ1) is 11.4. The molecule has 0 radical (unpaired) electrons. The zero-order valence-electron chi connectivity index (χ0n) is 12.9. The third kappa shape index (κ3) is 3.09. The largest absolute Gasteiger partial charge is 0.379 e. The Morgan fingerprint density at radius 2 is 2.04 bits per heavy atom. The molecule has 0 amide bonds. The zero-order chi connectivity index (χ0) is 15.5. The molecule has 23 heavy (non-hydrogen) atoms. The smallest absolute Gasteiger partial charge is 0.0844 e. The van der Waals surface area contributed by atoms with Gasteiger partial charge in [0.2, 0.25) is 0 Å². The molecule has 6 heteroatoms. The van der Waals surface area contributed by atoms with Gasteiger partial charge in [-0.15, -0.1) is 5.10 Å². The Kier molecular flexibility index (Phi) is 4.00. The molecule has 0 unspecified atom stereocenters. The monoisotopic (exact) mass is 309 g/mol. The zero-order valence-corrected chi connectivity index (χ0v) is 12.9. The van der Waals surface area contributed by atoms with E-state index in [9.17, 15) is 0 Å². The summed E-state index contributed by atoms with van der Waals surface area (Å²) in [7, 11) is 0. The Morgan fingerprint density at radius 1 is 1.13 bits per heavy atom. The van der Waals surface area contributed by atoms with E-state index in [1.165, 1.54) is 0 Å². The number of aromatic nitrogens is 4. The summed E-state index contributed by atoms with van der Waals surface area (Å²) in [5.74, 6) is 0. The van der Waals surface area contributed by atoms with Crippen LogP contribution in [-0.2, 0) is 11.2 Å². The van der Waals surface area contributed by atoms with Crippen LogP contribution < -0.4 is 0 Å². The van der Waals surface area contributed by atoms with Crippen molar-refractivity contribution in [2.24, 2.45) is 0 Å². The predicted octanol–water partition coefficient (Wildman–Crippen LogP) is 1.69. The lowest BCUT2D eigenvalue weighted by molar-refractivity contribution is 0.0383. The van der Waals surface area contributed by atoms with Gasteiger partial charge in [0.1, 0.15) is 0 Å². The van der Waals surface area contributed by atoms with Crippen LogP contribution in [0.5, 0.6) is 0 Å². The molecule has 3 heterocycles. The highest BCUT2D eigenvalue weighted by molar-refractivity contribution is 5.89. The summed E-state index contributed by atoms with van der Waals surface area (Å²) in [5.41, 5.74) is 2.05. The topological polar surface area (TPSA) is 56.1 Å². The number of hydrogen-bond donors (Lipinski definition) is 0. The molecule has 4 rings (SSSR count). The fourth-order valence-corrected chi connectivity index (χ4v) is 2.93. The Morgan fingerprint density at radius 3 is 2.96 bits per heavy atom. The number of hydrogen-bond acceptors (Lipinski definition) is 5. The minimum atomic E-state index is 0.830. The first-order valence-corrected chi connectivity index (χ1v) is 7.94. The summed E-state index contributed by atoms with van der Waals surface area (Å²) in [6, 6.07) is 8.15. The van der Waals surface area contributed by atoms with Crippen molar-refractivity contribution in [3.05, 3.63) is 48.5 Å². The molecule has 1 saturated heterocycles. The van der Waals surface area contributed by atoms with Crippen molar-refractivity contribution >= 4 is 10.8 Å². The second kappa shape index (κ2) is 6.44. The highest BCUT2D eigenvalue weighted by atomic mass is 16.5. The highest BCUT2D eigenvalue weighted by Crippen LogP contribution is 2.20. The molecule has 0 atom stereocenters. The van der Waals surface area contributed by atoms with Crippen LogP contribution in [0.1, 0.15) is 5.69 Å². The maximum absolute atomic E-state index is 5.38. The lowest BCUT2D eigenvalue weighted by Crippen LogP contribution is -2.37. The van der Waals surface area contributed by atoms with E-state index in [1.807, 2.05) is 35.4 Å². The van der Waals surface area contributed by atoms with Crippen LogP contribution in [0.2, 0.25) is 0 Å². The molecule has 118 valence electrons. The lowest BCUT2D eigenvalue weighted by atomic mass is 10.1. The Hall–Kier alpha value is -2.31. The van der Waals surface area contributed by atoms with Gasteiger partial charge in [-0.3, -0.25) is 9.88 Å². The summed E-state index contributed by atoms with van der Waals surface area (Å²) in [6.45, 7) is 4.67. The fraction of sp³-hybridized carbons (Fsp3) is 0.353. The van der Waals surface area contributed by atoms with Gasteiger partial charge >= 0.3 is 0 Å². The van der Waals surface area contributed by atoms with Crippen LogP contribution in [0, 0.1) is 0 Å². The van der Waals surface area contributed by atoms with E-state index in [-0.39, 0.29) is 0 Å². The summed E-state index contributed by atoms with van der Waals surface area (Å²) >= 11 is 0. The molecular weight excluding hydrogens is 290 g/mol. The maximum Gasteiger partial charge on any atom is 0.0844 e. The van der Waals surface area contributed by atoms with E-state index < -0.39 is 0 Å². The number of nitrogens with zero attached hydrogens (tertiary/aromatic N) is 5. The van der Waals surface area contributed by atoms with E-state index in [1.54, 1.807) is 0 Å².